The molecule has 0 aromatic heterocycles. The van der Waals surface area contributed by atoms with Gasteiger partial charge in [0, 0.05) is 18.8 Å². The summed E-state index contributed by atoms with van der Waals surface area (Å²) in [5.74, 6) is 0.171. The fourth-order valence-corrected chi connectivity index (χ4v) is 4.43. The van der Waals surface area contributed by atoms with Crippen LogP contribution in [0.1, 0.15) is 33.3 Å². The monoisotopic (exact) mass is 444 g/mol. The SMILES string of the molecule is CCN(CC)S(=O)(=O)c1cccc(NC(=O)CNc2cc(C#N)ccc2OC(C)C)c1. The zero-order valence-corrected chi connectivity index (χ0v) is 19.0. The topological polar surface area (TPSA) is 112 Å². The van der Waals surface area contributed by atoms with Crippen molar-refractivity contribution in [1.82, 2.24) is 4.31 Å². The van der Waals surface area contributed by atoms with Gasteiger partial charge in [-0.25, -0.2) is 8.42 Å². The molecule has 0 spiro atoms. The first-order chi connectivity index (χ1) is 14.7. The Morgan fingerprint density at radius 1 is 1.16 bits per heavy atom. The average Bonchev–Trinajstić information content (AvgIpc) is 2.73. The third kappa shape index (κ3) is 6.44. The van der Waals surface area contributed by atoms with Crippen LogP contribution in [0.15, 0.2) is 47.4 Å². The maximum absolute atomic E-state index is 12.7. The van der Waals surface area contributed by atoms with E-state index in [2.05, 4.69) is 16.7 Å². The molecule has 2 aromatic rings. The van der Waals surface area contributed by atoms with Crippen molar-refractivity contribution in [3.05, 3.63) is 48.0 Å². The van der Waals surface area contributed by atoms with Crippen molar-refractivity contribution < 1.29 is 17.9 Å². The minimum absolute atomic E-state index is 0.0715. The van der Waals surface area contributed by atoms with Crippen LogP contribution in [0.5, 0.6) is 5.75 Å². The molecule has 0 heterocycles. The largest absolute Gasteiger partial charge is 0.489 e. The normalized spacial score (nSPS) is 11.3. The van der Waals surface area contributed by atoms with Gasteiger partial charge in [0.1, 0.15) is 5.75 Å². The molecule has 0 aliphatic heterocycles. The fraction of sp³-hybridized carbons (Fsp3) is 0.364. The van der Waals surface area contributed by atoms with Gasteiger partial charge in [0.2, 0.25) is 15.9 Å². The van der Waals surface area contributed by atoms with Crippen LogP contribution in [0, 0.1) is 11.3 Å². The summed E-state index contributed by atoms with van der Waals surface area (Å²) in [6, 6.07) is 13.2. The van der Waals surface area contributed by atoms with E-state index in [0.717, 1.165) is 0 Å². The first kappa shape index (κ1) is 24.2. The number of sulfonamides is 1. The summed E-state index contributed by atoms with van der Waals surface area (Å²) < 4.78 is 32.5. The van der Waals surface area contributed by atoms with Crippen molar-refractivity contribution in [2.24, 2.45) is 0 Å². The number of nitriles is 1. The minimum Gasteiger partial charge on any atom is -0.489 e. The van der Waals surface area contributed by atoms with E-state index in [1.165, 1.54) is 16.4 Å². The second kappa shape index (κ2) is 10.8. The van der Waals surface area contributed by atoms with Gasteiger partial charge in [0.15, 0.2) is 0 Å². The van der Waals surface area contributed by atoms with Crippen LogP contribution >= 0.6 is 0 Å². The quantitative estimate of drug-likeness (QED) is 0.581. The first-order valence-electron chi connectivity index (χ1n) is 10.1. The highest BCUT2D eigenvalue weighted by Crippen LogP contribution is 2.26. The molecule has 0 radical (unpaired) electrons. The molecule has 0 aliphatic rings. The molecule has 2 aromatic carbocycles. The van der Waals surface area contributed by atoms with Crippen molar-refractivity contribution >= 4 is 27.3 Å². The Hall–Kier alpha value is -3.09. The number of amides is 1. The number of rotatable bonds is 10. The maximum Gasteiger partial charge on any atom is 0.243 e. The van der Waals surface area contributed by atoms with Crippen LogP contribution in [-0.2, 0) is 14.8 Å². The highest BCUT2D eigenvalue weighted by molar-refractivity contribution is 7.89. The molecule has 2 rings (SSSR count). The standard InChI is InChI=1S/C22H28N4O4S/c1-5-26(6-2)31(28,29)19-9-7-8-18(13-19)25-22(27)15-24-20-12-17(14-23)10-11-21(20)30-16(3)4/h7-13,16,24H,5-6,15H2,1-4H3,(H,25,27). The molecular weight excluding hydrogens is 416 g/mol. The number of benzene rings is 2. The number of hydrogen-bond acceptors (Lipinski definition) is 6. The van der Waals surface area contributed by atoms with Crippen molar-refractivity contribution in [3.8, 4) is 11.8 Å². The number of carbonyl (C=O) groups is 1. The lowest BCUT2D eigenvalue weighted by molar-refractivity contribution is -0.114. The molecule has 0 saturated carbocycles. The zero-order valence-electron chi connectivity index (χ0n) is 18.2. The van der Waals surface area contributed by atoms with E-state index in [4.69, 9.17) is 10.00 Å². The van der Waals surface area contributed by atoms with E-state index >= 15 is 0 Å². The molecule has 1 amide bonds. The lowest BCUT2D eigenvalue weighted by Crippen LogP contribution is -2.30. The summed E-state index contributed by atoms with van der Waals surface area (Å²) >= 11 is 0. The van der Waals surface area contributed by atoms with Gasteiger partial charge in [-0.15, -0.1) is 0 Å². The Kier molecular flexibility index (Phi) is 8.42. The van der Waals surface area contributed by atoms with Crippen molar-refractivity contribution in [1.29, 1.82) is 5.26 Å². The number of carbonyl (C=O) groups excluding carboxylic acids is 1. The zero-order chi connectivity index (χ0) is 23.0. The molecule has 0 aliphatic carbocycles. The number of nitrogens with zero attached hydrogens (tertiary/aromatic N) is 2. The Morgan fingerprint density at radius 3 is 2.48 bits per heavy atom. The molecule has 0 atom stereocenters. The van der Waals surface area contributed by atoms with E-state index < -0.39 is 10.0 Å². The number of nitrogens with one attached hydrogen (secondary N) is 2. The van der Waals surface area contributed by atoms with Crippen LogP contribution in [0.4, 0.5) is 11.4 Å². The predicted octanol–water partition coefficient (Wildman–Crippen LogP) is 3.43. The third-order valence-electron chi connectivity index (χ3n) is 4.37. The van der Waals surface area contributed by atoms with Gasteiger partial charge in [0.05, 0.1) is 34.9 Å². The van der Waals surface area contributed by atoms with Gasteiger partial charge in [0.25, 0.3) is 0 Å². The van der Waals surface area contributed by atoms with E-state index in [1.807, 2.05) is 13.8 Å². The van der Waals surface area contributed by atoms with E-state index in [0.29, 0.717) is 35.8 Å². The summed E-state index contributed by atoms with van der Waals surface area (Å²) in [5, 5.41) is 14.8. The Morgan fingerprint density at radius 2 is 1.87 bits per heavy atom. The van der Waals surface area contributed by atoms with Gasteiger partial charge in [-0.2, -0.15) is 9.57 Å². The Labute approximate surface area is 183 Å². The lowest BCUT2D eigenvalue weighted by Gasteiger charge is -2.19. The molecule has 0 saturated heterocycles. The highest BCUT2D eigenvalue weighted by atomic mass is 32.2. The molecule has 2 N–H and O–H groups in total. The number of anilines is 2. The van der Waals surface area contributed by atoms with Crippen LogP contribution < -0.4 is 15.4 Å². The van der Waals surface area contributed by atoms with Crippen LogP contribution in [0.25, 0.3) is 0 Å². The Balaban J connectivity index is 2.12. The van der Waals surface area contributed by atoms with Crippen LogP contribution in [-0.4, -0.2) is 44.4 Å². The van der Waals surface area contributed by atoms with Gasteiger partial charge in [-0.05, 0) is 50.2 Å². The lowest BCUT2D eigenvalue weighted by atomic mass is 10.2. The molecule has 0 bridgehead atoms. The Bertz CT molecular complexity index is 1060. The fourth-order valence-electron chi connectivity index (χ4n) is 2.92. The van der Waals surface area contributed by atoms with Crippen molar-refractivity contribution in [3.63, 3.8) is 0 Å². The average molecular weight is 445 g/mol. The minimum atomic E-state index is -3.62. The maximum atomic E-state index is 12.7. The van der Waals surface area contributed by atoms with Gasteiger partial charge >= 0.3 is 0 Å². The van der Waals surface area contributed by atoms with Gasteiger partial charge in [-0.3, -0.25) is 4.79 Å². The van der Waals surface area contributed by atoms with Crippen LogP contribution in [0.3, 0.4) is 0 Å². The summed E-state index contributed by atoms with van der Waals surface area (Å²) in [4.78, 5) is 12.6. The van der Waals surface area contributed by atoms with E-state index in [1.54, 1.807) is 44.2 Å². The number of hydrogen-bond donors (Lipinski definition) is 2. The van der Waals surface area contributed by atoms with E-state index in [9.17, 15) is 13.2 Å². The molecular formula is C22H28N4O4S. The van der Waals surface area contributed by atoms with E-state index in [-0.39, 0.29) is 23.5 Å². The molecule has 166 valence electrons. The third-order valence-corrected chi connectivity index (χ3v) is 6.42. The molecule has 0 unspecified atom stereocenters. The summed E-state index contributed by atoms with van der Waals surface area (Å²) in [6.07, 6.45) is -0.0715. The number of ether oxygens (including phenoxy) is 1. The molecule has 0 fully saturated rings. The molecule has 31 heavy (non-hydrogen) atoms. The van der Waals surface area contributed by atoms with Crippen molar-refractivity contribution in [2.45, 2.75) is 38.7 Å². The summed E-state index contributed by atoms with van der Waals surface area (Å²) in [6.45, 7) is 7.95. The van der Waals surface area contributed by atoms with Gasteiger partial charge < -0.3 is 15.4 Å². The first-order valence-corrected chi connectivity index (χ1v) is 11.5. The van der Waals surface area contributed by atoms with Crippen molar-refractivity contribution in [2.75, 3.05) is 30.3 Å². The highest BCUT2D eigenvalue weighted by Gasteiger charge is 2.21. The second-order valence-electron chi connectivity index (χ2n) is 7.01. The van der Waals surface area contributed by atoms with Crippen LogP contribution in [0.2, 0.25) is 0 Å². The summed E-state index contributed by atoms with van der Waals surface area (Å²) in [7, 11) is -3.62. The van der Waals surface area contributed by atoms with Gasteiger partial charge in [-0.1, -0.05) is 19.9 Å². The predicted molar refractivity (Wildman–Crippen MR) is 121 cm³/mol. The molecule has 8 nitrogen and oxygen atoms in total. The smallest absolute Gasteiger partial charge is 0.243 e. The second-order valence-corrected chi connectivity index (χ2v) is 8.95. The molecule has 9 heteroatoms. The summed E-state index contributed by atoms with van der Waals surface area (Å²) in [5.41, 5.74) is 1.35.